The van der Waals surface area contributed by atoms with E-state index in [0.29, 0.717) is 13.3 Å². The molecule has 0 atom stereocenters. The summed E-state index contributed by atoms with van der Waals surface area (Å²) in [7, 11) is 0. The molecule has 9 aliphatic rings. The van der Waals surface area contributed by atoms with Crippen molar-refractivity contribution in [1.82, 2.24) is 0 Å². The van der Waals surface area contributed by atoms with Crippen LogP contribution >= 0.6 is 35.3 Å². The monoisotopic (exact) mass is 771 g/mol. The third-order valence-corrected chi connectivity index (χ3v) is 9.21. The van der Waals surface area contributed by atoms with Crippen LogP contribution in [0, 0.1) is 0 Å². The quantitative estimate of drug-likeness (QED) is 0.244. The molecule has 0 bridgehead atoms. The van der Waals surface area contributed by atoms with Gasteiger partial charge in [0, 0.05) is 43.6 Å². The van der Waals surface area contributed by atoms with Crippen LogP contribution in [-0.4, -0.2) is 100 Å². The van der Waals surface area contributed by atoms with Gasteiger partial charge < -0.3 is 14.2 Å². The van der Waals surface area contributed by atoms with E-state index in [9.17, 15) is 0 Å². The fraction of sp³-hybridized carbons (Fsp3) is 0.585. The summed E-state index contributed by atoms with van der Waals surface area (Å²) in [5.74, 6) is 4.59. The maximum atomic E-state index is 4.89. The summed E-state index contributed by atoms with van der Waals surface area (Å²) in [6.45, 7) is 6.13. The standard InChI is InChI=1S/C6H11N.C5H9N.C5H8O.C5H6O.C5H8S.C5H6S.C4H7N.C3H5NO.C3H5NS/c1-2-4-6-7-5-3-1;5*1-2-4-6-5-3-1;1-2-4-5-3-1;2*1-2-5-3-4-1/h5H,1-4,6H2;4H,1-3,5H2;2,4H,1,3,5H2;1-4H,5H2;2,4H,1,3,5H2;1-4H,5H2;3H,1-2,4H2;2*1H,2-3H2. The van der Waals surface area contributed by atoms with Gasteiger partial charge in [0.2, 0.25) is 0 Å². The Labute approximate surface area is 328 Å². The van der Waals surface area contributed by atoms with Crippen LogP contribution in [0.2, 0.25) is 0 Å². The Balaban J connectivity index is 0.000000293. The van der Waals surface area contributed by atoms with Crippen LogP contribution in [0.4, 0.5) is 0 Å². The Morgan fingerprint density at radius 1 is 0.462 bits per heavy atom. The molecule has 290 valence electrons. The molecule has 0 fully saturated rings. The minimum absolute atomic E-state index is 0.569. The average molecular weight is 772 g/mol. The van der Waals surface area contributed by atoms with Crippen molar-refractivity contribution in [2.45, 2.75) is 83.5 Å². The summed E-state index contributed by atoms with van der Waals surface area (Å²) in [5, 5.41) is 4.28. The molecule has 0 saturated carbocycles. The van der Waals surface area contributed by atoms with Crippen molar-refractivity contribution in [2.24, 2.45) is 25.0 Å². The van der Waals surface area contributed by atoms with E-state index >= 15 is 0 Å². The molecule has 0 aliphatic carbocycles. The lowest BCUT2D eigenvalue weighted by molar-refractivity contribution is 0.203. The molecule has 9 aliphatic heterocycles. The molecule has 0 N–H and O–H groups in total. The van der Waals surface area contributed by atoms with Crippen molar-refractivity contribution in [3.05, 3.63) is 71.9 Å². The van der Waals surface area contributed by atoms with Gasteiger partial charge in [0.05, 0.1) is 31.6 Å². The number of hydrogen-bond acceptors (Lipinski definition) is 11. The molecule has 0 radical (unpaired) electrons. The summed E-state index contributed by atoms with van der Waals surface area (Å²) in [5.41, 5.74) is 0. The molecule has 8 nitrogen and oxygen atoms in total. The van der Waals surface area contributed by atoms with Gasteiger partial charge in [0.1, 0.15) is 13.3 Å². The first kappa shape index (κ1) is 47.4. The van der Waals surface area contributed by atoms with Gasteiger partial charge in [-0.3, -0.25) is 25.0 Å². The molecule has 0 saturated heterocycles. The van der Waals surface area contributed by atoms with Crippen LogP contribution in [0.1, 0.15) is 83.5 Å². The van der Waals surface area contributed by atoms with Gasteiger partial charge in [0.25, 0.3) is 0 Å². The number of thioether (sulfide) groups is 3. The first-order valence-corrected chi connectivity index (χ1v) is 22.2. The second kappa shape index (κ2) is 44.6. The van der Waals surface area contributed by atoms with Gasteiger partial charge in [-0.05, 0) is 130 Å². The van der Waals surface area contributed by atoms with Gasteiger partial charge in [-0.2, -0.15) is 0 Å². The average Bonchev–Trinajstić information content (AvgIpc) is 4.11. The predicted octanol–water partition coefficient (Wildman–Crippen LogP) is 10.8. The molecule has 9 heterocycles. The van der Waals surface area contributed by atoms with Gasteiger partial charge in [-0.1, -0.05) is 36.8 Å². The largest absolute Gasteiger partial charge is 0.502 e. The number of aliphatic imine (C=N–C) groups is 5. The third-order valence-electron chi connectivity index (χ3n) is 6.85. The third kappa shape index (κ3) is 41.8. The Bertz CT molecular complexity index is 922. The van der Waals surface area contributed by atoms with Crippen LogP contribution in [0.3, 0.4) is 0 Å². The number of rotatable bonds is 0. The van der Waals surface area contributed by atoms with E-state index in [-0.39, 0.29) is 0 Å². The summed E-state index contributed by atoms with van der Waals surface area (Å²) >= 11 is 5.59. The summed E-state index contributed by atoms with van der Waals surface area (Å²) < 4.78 is 14.4. The molecule has 0 amide bonds. The van der Waals surface area contributed by atoms with Gasteiger partial charge in [-0.15, -0.1) is 35.3 Å². The van der Waals surface area contributed by atoms with Crippen LogP contribution in [-0.2, 0) is 14.2 Å². The minimum Gasteiger partial charge on any atom is -0.502 e. The van der Waals surface area contributed by atoms with E-state index in [2.05, 4.69) is 54.0 Å². The maximum Gasteiger partial charge on any atom is 0.137 e. The molecule has 9 rings (SSSR count). The maximum absolute atomic E-state index is 4.89. The lowest BCUT2D eigenvalue weighted by atomic mass is 10.2. The fourth-order valence-electron chi connectivity index (χ4n) is 4.07. The molecule has 0 aromatic rings. The van der Waals surface area contributed by atoms with Gasteiger partial charge in [-0.25, -0.2) is 0 Å². The second-order valence-corrected chi connectivity index (χ2v) is 14.4. The molecule has 52 heavy (non-hydrogen) atoms. The second-order valence-electron chi connectivity index (χ2n) is 11.4. The molecular weight excluding hydrogens is 707 g/mol. The van der Waals surface area contributed by atoms with Crippen molar-refractivity contribution in [3.8, 4) is 0 Å². The zero-order valence-electron chi connectivity index (χ0n) is 31.5. The molecule has 0 unspecified atom stereocenters. The van der Waals surface area contributed by atoms with Crippen molar-refractivity contribution in [3.63, 3.8) is 0 Å². The zero-order chi connectivity index (χ0) is 36.8. The van der Waals surface area contributed by atoms with Crippen LogP contribution in [0.5, 0.6) is 0 Å². The SMILES string of the molecule is C1=CCOC=C1.C1=CCSC=C1.C1=COCCC1.C1=CSCCC1.C1=NCCC1.C1=NCCCC1.C1=NCCCCC1.C1=NCOC1.C1=NCSC1. The van der Waals surface area contributed by atoms with E-state index in [1.165, 1.54) is 89.2 Å². The van der Waals surface area contributed by atoms with Gasteiger partial charge in [0.15, 0.2) is 0 Å². The predicted molar refractivity (Wildman–Crippen MR) is 237 cm³/mol. The van der Waals surface area contributed by atoms with E-state index < -0.39 is 0 Å². The summed E-state index contributed by atoms with van der Waals surface area (Å²) in [6.07, 6.45) is 46.2. The first-order chi connectivity index (χ1) is 26.0. The highest BCUT2D eigenvalue weighted by Gasteiger charge is 1.91. The molecule has 0 aromatic heterocycles. The van der Waals surface area contributed by atoms with Crippen molar-refractivity contribution < 1.29 is 14.2 Å². The Morgan fingerprint density at radius 3 is 1.50 bits per heavy atom. The van der Waals surface area contributed by atoms with Crippen molar-refractivity contribution in [1.29, 1.82) is 0 Å². The minimum atomic E-state index is 0.569. The fourth-order valence-corrected chi connectivity index (χ4v) is 5.88. The summed E-state index contributed by atoms with van der Waals surface area (Å²) in [6, 6.07) is 0. The van der Waals surface area contributed by atoms with Crippen molar-refractivity contribution in [2.75, 3.05) is 69.3 Å². The van der Waals surface area contributed by atoms with Crippen LogP contribution < -0.4 is 0 Å². The lowest BCUT2D eigenvalue weighted by Crippen LogP contribution is -1.90. The smallest absolute Gasteiger partial charge is 0.137 e. The Morgan fingerprint density at radius 2 is 1.23 bits per heavy atom. The highest BCUT2D eigenvalue weighted by Crippen LogP contribution is 2.12. The lowest BCUT2D eigenvalue weighted by Gasteiger charge is -2.01. The number of allylic oxidation sites excluding steroid dienone is 6. The van der Waals surface area contributed by atoms with Crippen LogP contribution in [0.25, 0.3) is 0 Å². The number of ether oxygens (including phenoxy) is 3. The summed E-state index contributed by atoms with van der Waals surface area (Å²) in [4.78, 5) is 19.8. The van der Waals surface area contributed by atoms with Crippen molar-refractivity contribution >= 4 is 66.4 Å². The van der Waals surface area contributed by atoms with Gasteiger partial charge >= 0.3 is 0 Å². The molecule has 0 spiro atoms. The van der Waals surface area contributed by atoms with E-state index in [4.69, 9.17) is 14.2 Å². The van der Waals surface area contributed by atoms with E-state index in [1.807, 2.05) is 90.5 Å². The highest BCUT2D eigenvalue weighted by atomic mass is 32.2. The Kier molecular flexibility index (Phi) is 40.6. The normalized spacial score (nSPS) is 20.3. The molecular formula is C41H65N5O3S3. The first-order valence-electron chi connectivity index (χ1n) is 19.0. The van der Waals surface area contributed by atoms with E-state index in [1.54, 1.807) is 18.7 Å². The molecule has 11 heteroatoms. The highest BCUT2D eigenvalue weighted by molar-refractivity contribution is 8.02. The number of nitrogens with zero attached hydrogens (tertiary/aromatic N) is 5. The van der Waals surface area contributed by atoms with E-state index in [0.717, 1.165) is 50.2 Å². The molecule has 0 aromatic carbocycles. The Hall–Kier alpha value is -2.60. The topological polar surface area (TPSA) is 89.5 Å². The van der Waals surface area contributed by atoms with Crippen LogP contribution in [0.15, 0.2) is 96.9 Å². The number of hydrogen-bond donors (Lipinski definition) is 0. The zero-order valence-corrected chi connectivity index (χ0v) is 33.9.